The van der Waals surface area contributed by atoms with Gasteiger partial charge in [-0.15, -0.1) is 0 Å². The van der Waals surface area contributed by atoms with Crippen molar-refractivity contribution < 1.29 is 18.7 Å². The van der Waals surface area contributed by atoms with Crippen LogP contribution in [0, 0.1) is 0 Å². The monoisotopic (exact) mass is 407 g/mol. The highest BCUT2D eigenvalue weighted by atomic mass is 35.5. The zero-order chi connectivity index (χ0) is 20.4. The third-order valence-electron chi connectivity index (χ3n) is 4.64. The van der Waals surface area contributed by atoms with Gasteiger partial charge >= 0.3 is 5.97 Å². The first-order valence-corrected chi connectivity index (χ1v) is 9.53. The Hall–Kier alpha value is -3.31. The molecule has 0 spiro atoms. The third-order valence-corrected chi connectivity index (χ3v) is 4.88. The third kappa shape index (κ3) is 4.10. The molecule has 0 fully saturated rings. The predicted molar refractivity (Wildman–Crippen MR) is 113 cm³/mol. The van der Waals surface area contributed by atoms with Crippen LogP contribution in [-0.2, 0) is 20.7 Å². The standard InChI is InChI=1S/C23H18ClNO4/c1-14(23(27)25-18-7-4-6-17(24)12-18)29-21(26)11-16-13-28-20-10-9-15-5-2-3-8-19(15)22(16)20/h2-10,12-14H,11H2,1H3,(H,25,27)/t14-/m1/s1. The van der Waals surface area contributed by atoms with Crippen molar-refractivity contribution in [1.82, 2.24) is 0 Å². The van der Waals surface area contributed by atoms with Crippen LogP contribution >= 0.6 is 11.6 Å². The highest BCUT2D eigenvalue weighted by molar-refractivity contribution is 6.30. The topological polar surface area (TPSA) is 68.5 Å². The van der Waals surface area contributed by atoms with Crippen LogP contribution in [0.25, 0.3) is 21.7 Å². The number of amides is 1. The van der Waals surface area contributed by atoms with Gasteiger partial charge in [-0.05, 0) is 42.0 Å². The Morgan fingerprint density at radius 1 is 1.10 bits per heavy atom. The molecule has 0 radical (unpaired) electrons. The van der Waals surface area contributed by atoms with E-state index in [2.05, 4.69) is 5.32 Å². The summed E-state index contributed by atoms with van der Waals surface area (Å²) < 4.78 is 10.9. The van der Waals surface area contributed by atoms with Gasteiger partial charge < -0.3 is 14.5 Å². The van der Waals surface area contributed by atoms with Crippen LogP contribution in [-0.4, -0.2) is 18.0 Å². The molecule has 0 aliphatic carbocycles. The molecule has 1 aromatic heterocycles. The average Bonchev–Trinajstić information content (AvgIpc) is 3.11. The summed E-state index contributed by atoms with van der Waals surface area (Å²) >= 11 is 5.92. The van der Waals surface area contributed by atoms with Gasteiger partial charge in [0.15, 0.2) is 6.10 Å². The minimum atomic E-state index is -0.948. The summed E-state index contributed by atoms with van der Waals surface area (Å²) in [5, 5.41) is 6.14. The number of rotatable bonds is 5. The van der Waals surface area contributed by atoms with Gasteiger partial charge in [0, 0.05) is 21.7 Å². The number of benzene rings is 3. The molecule has 0 bridgehead atoms. The van der Waals surface area contributed by atoms with Crippen LogP contribution in [0.3, 0.4) is 0 Å². The lowest BCUT2D eigenvalue weighted by atomic mass is 10.0. The molecule has 0 saturated carbocycles. The molecule has 0 aliphatic heterocycles. The molecule has 0 aliphatic rings. The molecule has 4 rings (SSSR count). The first-order valence-electron chi connectivity index (χ1n) is 9.15. The highest BCUT2D eigenvalue weighted by Crippen LogP contribution is 2.30. The number of furan rings is 1. The van der Waals surface area contributed by atoms with E-state index < -0.39 is 18.0 Å². The van der Waals surface area contributed by atoms with Crippen LogP contribution in [0.5, 0.6) is 0 Å². The summed E-state index contributed by atoms with van der Waals surface area (Å²) in [4.78, 5) is 24.7. The van der Waals surface area contributed by atoms with Crippen molar-refractivity contribution in [3.63, 3.8) is 0 Å². The van der Waals surface area contributed by atoms with Gasteiger partial charge in [-0.1, -0.05) is 48.0 Å². The predicted octanol–water partition coefficient (Wildman–Crippen LogP) is 5.35. The Morgan fingerprint density at radius 3 is 2.76 bits per heavy atom. The number of esters is 1. The first kappa shape index (κ1) is 19.0. The number of ether oxygens (including phenoxy) is 1. The lowest BCUT2D eigenvalue weighted by Gasteiger charge is -2.13. The number of carbonyl (C=O) groups is 2. The second kappa shape index (κ2) is 7.97. The smallest absolute Gasteiger partial charge is 0.311 e. The zero-order valence-corrected chi connectivity index (χ0v) is 16.4. The number of hydrogen-bond acceptors (Lipinski definition) is 4. The molecule has 146 valence electrons. The molecule has 1 atom stereocenters. The van der Waals surface area contributed by atoms with Crippen molar-refractivity contribution in [3.8, 4) is 0 Å². The zero-order valence-electron chi connectivity index (χ0n) is 15.6. The maximum absolute atomic E-state index is 12.4. The van der Waals surface area contributed by atoms with Crippen molar-refractivity contribution in [3.05, 3.63) is 77.5 Å². The second-order valence-electron chi connectivity index (χ2n) is 6.73. The van der Waals surface area contributed by atoms with Gasteiger partial charge in [0.25, 0.3) is 5.91 Å². The highest BCUT2D eigenvalue weighted by Gasteiger charge is 2.20. The molecule has 29 heavy (non-hydrogen) atoms. The summed E-state index contributed by atoms with van der Waals surface area (Å²) in [5.41, 5.74) is 1.97. The maximum atomic E-state index is 12.4. The molecule has 1 amide bonds. The van der Waals surface area contributed by atoms with Crippen LogP contribution in [0.15, 0.2) is 71.3 Å². The van der Waals surface area contributed by atoms with Crippen molar-refractivity contribution in [1.29, 1.82) is 0 Å². The fourth-order valence-corrected chi connectivity index (χ4v) is 3.45. The Balaban J connectivity index is 1.47. The van der Waals surface area contributed by atoms with E-state index in [4.69, 9.17) is 20.8 Å². The molecule has 1 heterocycles. The van der Waals surface area contributed by atoms with E-state index in [0.717, 1.165) is 21.7 Å². The molecule has 1 N–H and O–H groups in total. The Kier molecular flexibility index (Phi) is 5.23. The summed E-state index contributed by atoms with van der Waals surface area (Å²) in [7, 11) is 0. The lowest BCUT2D eigenvalue weighted by Crippen LogP contribution is -2.30. The first-order chi connectivity index (χ1) is 14.0. The summed E-state index contributed by atoms with van der Waals surface area (Å²) in [6.07, 6.45) is 0.626. The van der Waals surface area contributed by atoms with E-state index >= 15 is 0 Å². The fourth-order valence-electron chi connectivity index (χ4n) is 3.26. The summed E-state index contributed by atoms with van der Waals surface area (Å²) in [6, 6.07) is 18.5. The van der Waals surface area contributed by atoms with Gasteiger partial charge in [-0.3, -0.25) is 9.59 Å². The molecule has 0 unspecified atom stereocenters. The molecular weight excluding hydrogens is 390 g/mol. The normalized spacial score (nSPS) is 12.1. The molecule has 3 aromatic carbocycles. The quantitative estimate of drug-likeness (QED) is 0.452. The van der Waals surface area contributed by atoms with E-state index in [1.54, 1.807) is 30.5 Å². The maximum Gasteiger partial charge on any atom is 0.311 e. The minimum absolute atomic E-state index is 0.00972. The molecule has 4 aromatic rings. The van der Waals surface area contributed by atoms with E-state index in [1.807, 2.05) is 36.4 Å². The van der Waals surface area contributed by atoms with E-state index in [0.29, 0.717) is 16.3 Å². The van der Waals surface area contributed by atoms with Gasteiger partial charge in [0.2, 0.25) is 0 Å². The Labute approximate surface area is 172 Å². The van der Waals surface area contributed by atoms with Gasteiger partial charge in [0.1, 0.15) is 5.58 Å². The fraction of sp³-hybridized carbons (Fsp3) is 0.130. The average molecular weight is 408 g/mol. The SMILES string of the molecule is C[C@@H](OC(=O)Cc1coc2ccc3ccccc3c12)C(=O)Nc1cccc(Cl)c1. The number of fused-ring (bicyclic) bond motifs is 3. The van der Waals surface area contributed by atoms with Crippen molar-refractivity contribution >= 4 is 50.9 Å². The minimum Gasteiger partial charge on any atom is -0.464 e. The van der Waals surface area contributed by atoms with Crippen molar-refractivity contribution in [2.75, 3.05) is 5.32 Å². The van der Waals surface area contributed by atoms with Gasteiger partial charge in [0.05, 0.1) is 12.7 Å². The van der Waals surface area contributed by atoms with Gasteiger partial charge in [-0.2, -0.15) is 0 Å². The molecule has 6 heteroatoms. The molecular formula is C23H18ClNO4. The number of halogens is 1. The van der Waals surface area contributed by atoms with Crippen LogP contribution in [0.1, 0.15) is 12.5 Å². The number of hydrogen-bond donors (Lipinski definition) is 1. The largest absolute Gasteiger partial charge is 0.464 e. The number of anilines is 1. The van der Waals surface area contributed by atoms with Crippen molar-refractivity contribution in [2.45, 2.75) is 19.4 Å². The number of nitrogens with one attached hydrogen (secondary N) is 1. The van der Waals surface area contributed by atoms with Crippen LogP contribution in [0.4, 0.5) is 5.69 Å². The van der Waals surface area contributed by atoms with E-state index in [1.165, 1.54) is 6.92 Å². The molecule has 5 nitrogen and oxygen atoms in total. The van der Waals surface area contributed by atoms with Crippen LogP contribution < -0.4 is 5.32 Å². The number of carbonyl (C=O) groups excluding carboxylic acids is 2. The van der Waals surface area contributed by atoms with E-state index in [9.17, 15) is 9.59 Å². The van der Waals surface area contributed by atoms with Gasteiger partial charge in [-0.25, -0.2) is 0 Å². The Bertz CT molecular complexity index is 1210. The Morgan fingerprint density at radius 2 is 1.93 bits per heavy atom. The summed E-state index contributed by atoms with van der Waals surface area (Å²) in [5.74, 6) is -0.933. The summed E-state index contributed by atoms with van der Waals surface area (Å²) in [6.45, 7) is 1.53. The van der Waals surface area contributed by atoms with E-state index in [-0.39, 0.29) is 6.42 Å². The van der Waals surface area contributed by atoms with Crippen molar-refractivity contribution in [2.24, 2.45) is 0 Å². The van der Waals surface area contributed by atoms with Crippen LogP contribution in [0.2, 0.25) is 5.02 Å². The lowest BCUT2D eigenvalue weighted by molar-refractivity contribution is -0.152. The molecule has 0 saturated heterocycles. The second-order valence-corrected chi connectivity index (χ2v) is 7.17.